The molecule has 0 amide bonds. The normalized spacial score (nSPS) is 20.1. The fourth-order valence-corrected chi connectivity index (χ4v) is 3.05. The Morgan fingerprint density at radius 2 is 1.79 bits per heavy atom. The van der Waals surface area contributed by atoms with Gasteiger partial charge in [-0.25, -0.2) is 9.97 Å². The minimum atomic E-state index is -4.40. The molecule has 0 bridgehead atoms. The molecule has 3 rings (SSSR count). The average Bonchev–Trinajstić information content (AvgIpc) is 3.22. The fraction of sp³-hybridized carbons (Fsp3) is 0.692. The Morgan fingerprint density at radius 3 is 2.21 bits per heavy atom. The van der Waals surface area contributed by atoms with Crippen molar-refractivity contribution in [3.05, 3.63) is 23.3 Å². The van der Waals surface area contributed by atoms with Gasteiger partial charge in [-0.2, -0.15) is 13.2 Å². The third-order valence-corrected chi connectivity index (χ3v) is 4.46. The van der Waals surface area contributed by atoms with Gasteiger partial charge >= 0.3 is 6.18 Å². The molecule has 19 heavy (non-hydrogen) atoms. The van der Waals surface area contributed by atoms with Crippen LogP contribution in [0.5, 0.6) is 0 Å². The molecule has 1 heterocycles. The lowest BCUT2D eigenvalue weighted by Gasteiger charge is -2.17. The van der Waals surface area contributed by atoms with Crippen LogP contribution in [0.1, 0.15) is 48.7 Å². The van der Waals surface area contributed by atoms with Gasteiger partial charge < -0.3 is 0 Å². The van der Waals surface area contributed by atoms with E-state index in [9.17, 15) is 13.2 Å². The predicted molar refractivity (Wildman–Crippen MR) is 67.9 cm³/mol. The Kier molecular flexibility index (Phi) is 3.31. The van der Waals surface area contributed by atoms with Crippen molar-refractivity contribution in [1.29, 1.82) is 0 Å². The molecule has 0 aliphatic heterocycles. The van der Waals surface area contributed by atoms with Crippen LogP contribution < -0.4 is 0 Å². The Balaban J connectivity index is 1.97. The molecule has 104 valence electrons. The maximum Gasteiger partial charge on any atom is 0.433 e. The van der Waals surface area contributed by atoms with Crippen molar-refractivity contribution in [3.63, 3.8) is 0 Å². The third-order valence-electron chi connectivity index (χ3n) is 3.85. The van der Waals surface area contributed by atoms with Crippen molar-refractivity contribution >= 4 is 15.9 Å². The predicted octanol–water partition coefficient (Wildman–Crippen LogP) is 4.29. The van der Waals surface area contributed by atoms with Crippen LogP contribution in [0.25, 0.3) is 0 Å². The van der Waals surface area contributed by atoms with Gasteiger partial charge in [0, 0.05) is 23.0 Å². The number of rotatable bonds is 4. The van der Waals surface area contributed by atoms with Gasteiger partial charge in [-0.15, -0.1) is 0 Å². The first kappa shape index (κ1) is 13.3. The molecule has 0 N–H and O–H groups in total. The summed E-state index contributed by atoms with van der Waals surface area (Å²) < 4.78 is 39.0. The Morgan fingerprint density at radius 1 is 1.21 bits per heavy atom. The summed E-state index contributed by atoms with van der Waals surface area (Å²) in [7, 11) is 0. The molecule has 2 saturated carbocycles. The van der Waals surface area contributed by atoms with Crippen LogP contribution in [0.2, 0.25) is 0 Å². The number of halogens is 4. The highest BCUT2D eigenvalue weighted by Gasteiger charge is 2.45. The first-order valence-corrected chi connectivity index (χ1v) is 7.62. The summed E-state index contributed by atoms with van der Waals surface area (Å²) >= 11 is 3.06. The Hall–Kier alpha value is -0.650. The summed E-state index contributed by atoms with van der Waals surface area (Å²) in [5.74, 6) is 1.55. The molecule has 0 saturated heterocycles. The van der Waals surface area contributed by atoms with Crippen LogP contribution in [0.4, 0.5) is 13.2 Å². The molecule has 1 aromatic heterocycles. The van der Waals surface area contributed by atoms with Crippen LogP contribution in [0, 0.1) is 11.8 Å². The van der Waals surface area contributed by atoms with E-state index in [-0.39, 0.29) is 16.8 Å². The summed E-state index contributed by atoms with van der Waals surface area (Å²) in [6.45, 7) is 0. The number of nitrogens with zero attached hydrogens (tertiary/aromatic N) is 2. The SMILES string of the molecule is FC(F)(F)c1nc(C(C2CC2)C2CC2)ncc1CBr. The summed E-state index contributed by atoms with van der Waals surface area (Å²) in [6, 6.07) is 0. The molecule has 6 heteroatoms. The van der Waals surface area contributed by atoms with Gasteiger partial charge in [0.1, 0.15) is 5.82 Å². The maximum absolute atomic E-state index is 13.0. The monoisotopic (exact) mass is 334 g/mol. The molecule has 2 nitrogen and oxygen atoms in total. The minimum Gasteiger partial charge on any atom is -0.241 e. The second kappa shape index (κ2) is 4.72. The second-order valence-electron chi connectivity index (χ2n) is 5.43. The molecular weight excluding hydrogens is 321 g/mol. The van der Waals surface area contributed by atoms with Crippen LogP contribution in [-0.2, 0) is 11.5 Å². The Labute approximate surface area is 118 Å². The van der Waals surface area contributed by atoms with E-state index in [0.29, 0.717) is 17.7 Å². The van der Waals surface area contributed by atoms with Gasteiger partial charge in [-0.05, 0) is 37.5 Å². The zero-order valence-electron chi connectivity index (χ0n) is 10.3. The molecule has 2 fully saturated rings. The van der Waals surface area contributed by atoms with Gasteiger partial charge in [0.15, 0.2) is 5.69 Å². The molecule has 0 aromatic carbocycles. The highest BCUT2D eigenvalue weighted by Crippen LogP contribution is 2.53. The summed E-state index contributed by atoms with van der Waals surface area (Å²) in [5.41, 5.74) is -0.665. The number of aromatic nitrogens is 2. The van der Waals surface area contributed by atoms with Gasteiger partial charge in [0.25, 0.3) is 0 Å². The van der Waals surface area contributed by atoms with Crippen molar-refractivity contribution < 1.29 is 13.2 Å². The van der Waals surface area contributed by atoms with E-state index >= 15 is 0 Å². The minimum absolute atomic E-state index is 0.113. The second-order valence-corrected chi connectivity index (χ2v) is 5.99. The van der Waals surface area contributed by atoms with E-state index in [0.717, 1.165) is 25.7 Å². The van der Waals surface area contributed by atoms with Gasteiger partial charge in [-0.1, -0.05) is 15.9 Å². The van der Waals surface area contributed by atoms with Gasteiger partial charge in [-0.3, -0.25) is 0 Å². The van der Waals surface area contributed by atoms with E-state index in [2.05, 4.69) is 25.9 Å². The van der Waals surface area contributed by atoms with Gasteiger partial charge in [0.05, 0.1) is 0 Å². The van der Waals surface area contributed by atoms with Crippen LogP contribution in [0.15, 0.2) is 6.20 Å². The van der Waals surface area contributed by atoms with Gasteiger partial charge in [0.2, 0.25) is 0 Å². The van der Waals surface area contributed by atoms with Crippen molar-refractivity contribution in [1.82, 2.24) is 9.97 Å². The van der Waals surface area contributed by atoms with Crippen molar-refractivity contribution in [3.8, 4) is 0 Å². The first-order valence-electron chi connectivity index (χ1n) is 6.49. The molecule has 1 aromatic rings. The molecule has 0 spiro atoms. The standard InChI is InChI=1S/C13H14BrF3N2/c14-5-9-6-18-12(19-11(9)13(15,16)17)10(7-1-2-7)8-3-4-8/h6-8,10H,1-5H2. The zero-order valence-corrected chi connectivity index (χ0v) is 11.8. The average molecular weight is 335 g/mol. The van der Waals surface area contributed by atoms with Crippen molar-refractivity contribution in [2.45, 2.75) is 43.1 Å². The quantitative estimate of drug-likeness (QED) is 0.767. The summed E-state index contributed by atoms with van der Waals surface area (Å²) in [6.07, 6.45) is 1.34. The zero-order chi connectivity index (χ0) is 13.6. The largest absolute Gasteiger partial charge is 0.433 e. The molecule has 2 aliphatic rings. The van der Waals surface area contributed by atoms with E-state index < -0.39 is 11.9 Å². The summed E-state index contributed by atoms with van der Waals surface area (Å²) in [4.78, 5) is 8.08. The van der Waals surface area contributed by atoms with Crippen LogP contribution in [-0.4, -0.2) is 9.97 Å². The van der Waals surface area contributed by atoms with Crippen molar-refractivity contribution in [2.75, 3.05) is 0 Å². The lowest BCUT2D eigenvalue weighted by Crippen LogP contribution is -2.17. The first-order chi connectivity index (χ1) is 9.00. The van der Waals surface area contributed by atoms with E-state index in [1.807, 2.05) is 0 Å². The number of hydrogen-bond donors (Lipinski definition) is 0. The number of alkyl halides is 4. The molecule has 2 aliphatic carbocycles. The summed E-state index contributed by atoms with van der Waals surface area (Å²) in [5, 5.41) is 0.125. The molecule has 0 atom stereocenters. The lowest BCUT2D eigenvalue weighted by atomic mass is 9.96. The molecular formula is C13H14BrF3N2. The highest BCUT2D eigenvalue weighted by atomic mass is 79.9. The molecule has 0 radical (unpaired) electrons. The smallest absolute Gasteiger partial charge is 0.241 e. The Bertz CT molecular complexity index is 469. The van der Waals surface area contributed by atoms with Crippen LogP contribution >= 0.6 is 15.9 Å². The third kappa shape index (κ3) is 2.78. The van der Waals surface area contributed by atoms with E-state index in [1.54, 1.807) is 0 Å². The van der Waals surface area contributed by atoms with Crippen LogP contribution in [0.3, 0.4) is 0 Å². The lowest BCUT2D eigenvalue weighted by molar-refractivity contribution is -0.142. The van der Waals surface area contributed by atoms with E-state index in [4.69, 9.17) is 0 Å². The maximum atomic E-state index is 13.0. The molecule has 0 unspecified atom stereocenters. The van der Waals surface area contributed by atoms with Crippen molar-refractivity contribution in [2.24, 2.45) is 11.8 Å². The number of hydrogen-bond acceptors (Lipinski definition) is 2. The highest BCUT2D eigenvalue weighted by molar-refractivity contribution is 9.08. The van der Waals surface area contributed by atoms with E-state index in [1.165, 1.54) is 6.20 Å². The fourth-order valence-electron chi connectivity index (χ4n) is 2.64. The topological polar surface area (TPSA) is 25.8 Å².